The number of aromatic nitrogens is 2. The van der Waals surface area contributed by atoms with Crippen LogP contribution in [0.25, 0.3) is 0 Å². The van der Waals surface area contributed by atoms with Crippen LogP contribution in [0.4, 0.5) is 5.69 Å². The number of nitrogens with zero attached hydrogens (tertiary/aromatic N) is 2. The molecule has 0 aliphatic rings. The van der Waals surface area contributed by atoms with Gasteiger partial charge in [-0.3, -0.25) is 4.68 Å². The van der Waals surface area contributed by atoms with Crippen LogP contribution < -0.4 is 5.32 Å². The Bertz CT molecular complexity index is 506. The maximum Gasteiger partial charge on any atom is 0.0825 e. The van der Waals surface area contributed by atoms with Crippen molar-refractivity contribution in [3.63, 3.8) is 0 Å². The van der Waals surface area contributed by atoms with Gasteiger partial charge in [-0.15, -0.1) is 0 Å². The average Bonchev–Trinajstić information content (AvgIpc) is 2.57. The second-order valence-electron chi connectivity index (χ2n) is 4.53. The molecule has 90 valence electrons. The fourth-order valence-corrected chi connectivity index (χ4v) is 2.08. The van der Waals surface area contributed by atoms with Gasteiger partial charge < -0.3 is 5.32 Å². The third-order valence-corrected chi connectivity index (χ3v) is 3.11. The number of nitrogens with one attached hydrogen (secondary N) is 1. The molecule has 0 aliphatic carbocycles. The Morgan fingerprint density at radius 3 is 2.35 bits per heavy atom. The van der Waals surface area contributed by atoms with Crippen molar-refractivity contribution in [3.05, 3.63) is 46.8 Å². The Morgan fingerprint density at radius 2 is 1.82 bits per heavy atom. The van der Waals surface area contributed by atoms with E-state index in [1.165, 1.54) is 16.7 Å². The van der Waals surface area contributed by atoms with Gasteiger partial charge in [0.15, 0.2) is 0 Å². The molecule has 1 heterocycles. The minimum absolute atomic E-state index is 0.852. The molecule has 0 amide bonds. The van der Waals surface area contributed by atoms with Crippen molar-refractivity contribution in [2.75, 3.05) is 5.32 Å². The van der Waals surface area contributed by atoms with Crippen LogP contribution >= 0.6 is 0 Å². The van der Waals surface area contributed by atoms with Crippen molar-refractivity contribution in [1.29, 1.82) is 0 Å². The predicted molar refractivity (Wildman–Crippen MR) is 71.2 cm³/mol. The molecule has 1 aromatic heterocycles. The van der Waals surface area contributed by atoms with E-state index in [2.05, 4.69) is 42.5 Å². The summed E-state index contributed by atoms with van der Waals surface area (Å²) in [5.74, 6) is 0. The summed E-state index contributed by atoms with van der Waals surface area (Å²) in [6.07, 6.45) is 2.02. The summed E-state index contributed by atoms with van der Waals surface area (Å²) in [7, 11) is 1.94. The van der Waals surface area contributed by atoms with E-state index in [1.54, 1.807) is 0 Å². The van der Waals surface area contributed by atoms with Gasteiger partial charge in [-0.05, 0) is 37.5 Å². The quantitative estimate of drug-likeness (QED) is 0.877. The molecule has 0 spiro atoms. The second kappa shape index (κ2) is 4.62. The lowest BCUT2D eigenvalue weighted by molar-refractivity contribution is 0.756. The summed E-state index contributed by atoms with van der Waals surface area (Å²) in [6, 6.07) is 6.41. The summed E-state index contributed by atoms with van der Waals surface area (Å²) in [4.78, 5) is 0. The molecular formula is C14H19N3. The molecule has 0 aliphatic heterocycles. The molecule has 2 aromatic rings. The van der Waals surface area contributed by atoms with Crippen LogP contribution in [0.1, 0.15) is 22.4 Å². The largest absolute Gasteiger partial charge is 0.378 e. The van der Waals surface area contributed by atoms with Crippen LogP contribution in [0.5, 0.6) is 0 Å². The van der Waals surface area contributed by atoms with Crippen LogP contribution in [0.15, 0.2) is 24.4 Å². The first-order valence-corrected chi connectivity index (χ1v) is 5.87. The second-order valence-corrected chi connectivity index (χ2v) is 4.53. The van der Waals surface area contributed by atoms with E-state index in [0.717, 1.165) is 17.9 Å². The maximum atomic E-state index is 4.32. The fourth-order valence-electron chi connectivity index (χ4n) is 2.08. The van der Waals surface area contributed by atoms with Crippen LogP contribution in [0.2, 0.25) is 0 Å². The van der Waals surface area contributed by atoms with E-state index >= 15 is 0 Å². The van der Waals surface area contributed by atoms with Crippen molar-refractivity contribution < 1.29 is 0 Å². The van der Waals surface area contributed by atoms with Gasteiger partial charge in [-0.25, -0.2) is 0 Å². The molecular weight excluding hydrogens is 210 g/mol. The Labute approximate surface area is 102 Å². The average molecular weight is 229 g/mol. The molecule has 0 saturated carbocycles. The topological polar surface area (TPSA) is 29.9 Å². The van der Waals surface area contributed by atoms with Crippen LogP contribution in [0, 0.1) is 20.8 Å². The molecule has 0 saturated heterocycles. The highest BCUT2D eigenvalue weighted by molar-refractivity contribution is 5.47. The Hall–Kier alpha value is -1.77. The van der Waals surface area contributed by atoms with Gasteiger partial charge in [0.05, 0.1) is 11.4 Å². The van der Waals surface area contributed by atoms with Crippen molar-refractivity contribution in [2.45, 2.75) is 27.3 Å². The molecule has 0 radical (unpaired) electrons. The zero-order valence-electron chi connectivity index (χ0n) is 10.9. The van der Waals surface area contributed by atoms with Gasteiger partial charge >= 0.3 is 0 Å². The Balaban J connectivity index is 2.15. The number of anilines is 1. The predicted octanol–water partition coefficient (Wildman–Crippen LogP) is 2.96. The van der Waals surface area contributed by atoms with Gasteiger partial charge in [-0.2, -0.15) is 5.10 Å². The van der Waals surface area contributed by atoms with Crippen molar-refractivity contribution in [3.8, 4) is 0 Å². The van der Waals surface area contributed by atoms with Crippen molar-refractivity contribution in [2.24, 2.45) is 7.05 Å². The number of hydrogen-bond acceptors (Lipinski definition) is 2. The highest BCUT2D eigenvalue weighted by atomic mass is 15.3. The summed E-state index contributed by atoms with van der Waals surface area (Å²) in [6.45, 7) is 7.18. The summed E-state index contributed by atoms with van der Waals surface area (Å²) in [5.41, 5.74) is 6.18. The van der Waals surface area contributed by atoms with E-state index in [9.17, 15) is 0 Å². The normalized spacial score (nSPS) is 10.6. The molecule has 0 unspecified atom stereocenters. The van der Waals surface area contributed by atoms with E-state index in [4.69, 9.17) is 0 Å². The molecule has 17 heavy (non-hydrogen) atoms. The van der Waals surface area contributed by atoms with Crippen LogP contribution in [-0.4, -0.2) is 9.78 Å². The first-order valence-electron chi connectivity index (χ1n) is 5.87. The fraction of sp³-hybridized carbons (Fsp3) is 0.357. The number of aryl methyl sites for hydroxylation is 4. The lowest BCUT2D eigenvalue weighted by Gasteiger charge is -2.11. The minimum atomic E-state index is 0.852. The van der Waals surface area contributed by atoms with Crippen LogP contribution in [-0.2, 0) is 13.6 Å². The minimum Gasteiger partial charge on any atom is -0.378 e. The van der Waals surface area contributed by atoms with E-state index in [-0.39, 0.29) is 0 Å². The lowest BCUT2D eigenvalue weighted by Crippen LogP contribution is -2.03. The monoisotopic (exact) mass is 229 g/mol. The molecule has 0 atom stereocenters. The third-order valence-electron chi connectivity index (χ3n) is 3.11. The Kier molecular flexibility index (Phi) is 3.18. The van der Waals surface area contributed by atoms with E-state index in [1.807, 2.05) is 24.9 Å². The van der Waals surface area contributed by atoms with Gasteiger partial charge in [0.25, 0.3) is 0 Å². The molecule has 2 rings (SSSR count). The smallest absolute Gasteiger partial charge is 0.0825 e. The van der Waals surface area contributed by atoms with Gasteiger partial charge in [-0.1, -0.05) is 18.2 Å². The standard InChI is InChI=1S/C14H19N3/c1-10-6-5-7-11(2)13(10)8-15-14-9-17(4)16-12(14)3/h5-7,9,15H,8H2,1-4H3. The van der Waals surface area contributed by atoms with Gasteiger partial charge in [0.2, 0.25) is 0 Å². The highest BCUT2D eigenvalue weighted by Gasteiger charge is 2.05. The van der Waals surface area contributed by atoms with Gasteiger partial charge in [0.1, 0.15) is 0 Å². The lowest BCUT2D eigenvalue weighted by atomic mass is 10.0. The summed E-state index contributed by atoms with van der Waals surface area (Å²) in [5, 5.41) is 7.77. The SMILES string of the molecule is Cc1cccc(C)c1CNc1cn(C)nc1C. The highest BCUT2D eigenvalue weighted by Crippen LogP contribution is 2.17. The third kappa shape index (κ3) is 2.49. The van der Waals surface area contributed by atoms with E-state index < -0.39 is 0 Å². The summed E-state index contributed by atoms with van der Waals surface area (Å²) >= 11 is 0. The zero-order chi connectivity index (χ0) is 12.4. The number of hydrogen-bond donors (Lipinski definition) is 1. The molecule has 1 aromatic carbocycles. The first-order chi connectivity index (χ1) is 8.08. The summed E-state index contributed by atoms with van der Waals surface area (Å²) < 4.78 is 1.84. The van der Waals surface area contributed by atoms with Crippen molar-refractivity contribution >= 4 is 5.69 Å². The van der Waals surface area contributed by atoms with Gasteiger partial charge in [0, 0.05) is 19.8 Å². The van der Waals surface area contributed by atoms with Crippen LogP contribution in [0.3, 0.4) is 0 Å². The van der Waals surface area contributed by atoms with Crippen molar-refractivity contribution in [1.82, 2.24) is 9.78 Å². The number of rotatable bonds is 3. The molecule has 0 bridgehead atoms. The molecule has 0 fully saturated rings. The molecule has 3 nitrogen and oxygen atoms in total. The number of benzene rings is 1. The first kappa shape index (κ1) is 11.7. The Morgan fingerprint density at radius 1 is 1.18 bits per heavy atom. The maximum absolute atomic E-state index is 4.32. The van der Waals surface area contributed by atoms with E-state index in [0.29, 0.717) is 0 Å². The molecule has 1 N–H and O–H groups in total. The molecule has 3 heteroatoms. The zero-order valence-corrected chi connectivity index (χ0v) is 10.9.